The Bertz CT molecular complexity index is 633. The van der Waals surface area contributed by atoms with Crippen molar-refractivity contribution in [3.63, 3.8) is 0 Å². The number of benzene rings is 1. The van der Waals surface area contributed by atoms with Gasteiger partial charge in [0.05, 0.1) is 0 Å². The number of carbonyl (C=O) groups excluding carboxylic acids is 1. The summed E-state index contributed by atoms with van der Waals surface area (Å²) in [5.74, 6) is 1.20. The Labute approximate surface area is 136 Å². The van der Waals surface area contributed by atoms with Crippen molar-refractivity contribution in [2.45, 2.75) is 13.5 Å². The van der Waals surface area contributed by atoms with Gasteiger partial charge in [-0.25, -0.2) is 0 Å². The second kappa shape index (κ2) is 7.39. The summed E-state index contributed by atoms with van der Waals surface area (Å²) in [6, 6.07) is 12.3. The lowest BCUT2D eigenvalue weighted by Crippen LogP contribution is -3.28. The van der Waals surface area contributed by atoms with Crippen molar-refractivity contribution in [2.75, 3.05) is 38.0 Å². The van der Waals surface area contributed by atoms with E-state index in [4.69, 9.17) is 4.52 Å². The Kier molecular flexibility index (Phi) is 5.05. The Balaban J connectivity index is 1.41. The molecule has 6 heteroatoms. The molecule has 2 aromatic rings. The molecule has 0 aliphatic carbocycles. The molecule has 23 heavy (non-hydrogen) atoms. The Morgan fingerprint density at radius 3 is 2.52 bits per heavy atom. The molecule has 0 radical (unpaired) electrons. The molecule has 1 aliphatic heterocycles. The fraction of sp³-hybridized carbons (Fsp3) is 0.412. The van der Waals surface area contributed by atoms with E-state index >= 15 is 0 Å². The fourth-order valence-electron chi connectivity index (χ4n) is 3.03. The molecular weight excluding hydrogens is 292 g/mol. The zero-order valence-corrected chi connectivity index (χ0v) is 13.5. The van der Waals surface area contributed by atoms with Crippen LogP contribution in [0, 0.1) is 6.92 Å². The number of aryl methyl sites for hydroxylation is 1. The van der Waals surface area contributed by atoms with Crippen LogP contribution in [-0.4, -0.2) is 43.8 Å². The lowest BCUT2D eigenvalue weighted by atomic mass is 10.2. The zero-order valence-electron chi connectivity index (χ0n) is 13.5. The minimum absolute atomic E-state index is 0.000177. The quantitative estimate of drug-likeness (QED) is 0.656. The van der Waals surface area contributed by atoms with Crippen LogP contribution in [0.5, 0.6) is 0 Å². The van der Waals surface area contributed by atoms with E-state index in [1.165, 1.54) is 10.5 Å². The lowest BCUT2D eigenvalue weighted by molar-refractivity contribution is -1.02. The Morgan fingerprint density at radius 1 is 1.17 bits per heavy atom. The molecule has 122 valence electrons. The predicted molar refractivity (Wildman–Crippen MR) is 86.3 cm³/mol. The van der Waals surface area contributed by atoms with Crippen molar-refractivity contribution in [3.05, 3.63) is 47.7 Å². The summed E-state index contributed by atoms with van der Waals surface area (Å²) in [6.45, 7) is 7.60. The van der Waals surface area contributed by atoms with E-state index in [-0.39, 0.29) is 5.91 Å². The number of hydrogen-bond acceptors (Lipinski definition) is 3. The average Bonchev–Trinajstić information content (AvgIpc) is 2.95. The fourth-order valence-corrected chi connectivity index (χ4v) is 3.03. The van der Waals surface area contributed by atoms with Crippen molar-refractivity contribution >= 4 is 11.7 Å². The van der Waals surface area contributed by atoms with Gasteiger partial charge in [-0.15, -0.1) is 0 Å². The van der Waals surface area contributed by atoms with Crippen LogP contribution in [-0.2, 0) is 11.3 Å². The summed E-state index contributed by atoms with van der Waals surface area (Å²) in [5, 5.41) is 6.58. The molecule has 1 fully saturated rings. The monoisotopic (exact) mass is 316 g/mol. The third-order valence-corrected chi connectivity index (χ3v) is 4.27. The molecule has 6 nitrogen and oxygen atoms in total. The maximum atomic E-state index is 12.0. The highest BCUT2D eigenvalue weighted by atomic mass is 16.5. The number of quaternary nitrogens is 2. The van der Waals surface area contributed by atoms with Crippen LogP contribution < -0.4 is 15.1 Å². The van der Waals surface area contributed by atoms with E-state index in [1.807, 2.05) is 6.92 Å². The maximum Gasteiger partial charge on any atom is 0.280 e. The number of hydrogen-bond donors (Lipinski definition) is 3. The molecule has 0 spiro atoms. The molecule has 0 bridgehead atoms. The van der Waals surface area contributed by atoms with E-state index in [2.05, 4.69) is 40.8 Å². The van der Waals surface area contributed by atoms with Gasteiger partial charge in [0.1, 0.15) is 38.5 Å². The average molecular weight is 316 g/mol. The first kappa shape index (κ1) is 15.7. The van der Waals surface area contributed by atoms with Gasteiger partial charge in [0.25, 0.3) is 5.91 Å². The van der Waals surface area contributed by atoms with Crippen molar-refractivity contribution in [3.8, 4) is 0 Å². The number of aromatic nitrogens is 1. The maximum absolute atomic E-state index is 12.0. The van der Waals surface area contributed by atoms with Gasteiger partial charge in [-0.05, 0) is 6.92 Å². The third kappa shape index (κ3) is 4.64. The van der Waals surface area contributed by atoms with E-state index in [0.717, 1.165) is 32.7 Å². The zero-order chi connectivity index (χ0) is 16.1. The van der Waals surface area contributed by atoms with E-state index < -0.39 is 0 Å². The van der Waals surface area contributed by atoms with Gasteiger partial charge in [0, 0.05) is 11.6 Å². The number of nitrogens with zero attached hydrogens (tertiary/aromatic N) is 1. The number of amides is 1. The second-order valence-corrected chi connectivity index (χ2v) is 6.21. The topological polar surface area (TPSA) is 64.0 Å². The molecule has 1 aromatic carbocycles. The van der Waals surface area contributed by atoms with Gasteiger partial charge in [-0.2, -0.15) is 0 Å². The largest absolute Gasteiger partial charge is 0.360 e. The van der Waals surface area contributed by atoms with E-state index in [1.54, 1.807) is 11.0 Å². The van der Waals surface area contributed by atoms with Crippen LogP contribution in [0.15, 0.2) is 40.9 Å². The molecule has 1 amide bonds. The van der Waals surface area contributed by atoms with Crippen molar-refractivity contribution in [2.24, 2.45) is 0 Å². The summed E-state index contributed by atoms with van der Waals surface area (Å²) in [6.07, 6.45) is 0. The molecule has 1 saturated heterocycles. The van der Waals surface area contributed by atoms with Crippen LogP contribution in [0.1, 0.15) is 11.3 Å². The molecule has 3 N–H and O–H groups in total. The highest BCUT2D eigenvalue weighted by Crippen LogP contribution is 2.05. The molecular formula is C17H24N4O2+2. The highest BCUT2D eigenvalue weighted by molar-refractivity contribution is 5.90. The van der Waals surface area contributed by atoms with E-state index in [0.29, 0.717) is 18.1 Å². The molecule has 0 atom stereocenters. The van der Waals surface area contributed by atoms with Gasteiger partial charge in [0.2, 0.25) is 0 Å². The smallest absolute Gasteiger partial charge is 0.280 e. The minimum Gasteiger partial charge on any atom is -0.360 e. The van der Waals surface area contributed by atoms with Gasteiger partial charge < -0.3 is 19.6 Å². The van der Waals surface area contributed by atoms with Gasteiger partial charge >= 0.3 is 0 Å². The summed E-state index contributed by atoms with van der Waals surface area (Å²) >= 11 is 0. The normalized spacial score (nSPS) is 21.1. The lowest BCUT2D eigenvalue weighted by Gasteiger charge is -2.29. The molecule has 3 rings (SSSR count). The third-order valence-electron chi connectivity index (χ3n) is 4.27. The van der Waals surface area contributed by atoms with E-state index in [9.17, 15) is 4.79 Å². The van der Waals surface area contributed by atoms with Gasteiger partial charge in [-0.1, -0.05) is 35.5 Å². The van der Waals surface area contributed by atoms with Crippen LogP contribution >= 0.6 is 0 Å². The first-order valence-corrected chi connectivity index (χ1v) is 8.13. The predicted octanol–water partition coefficient (Wildman–Crippen LogP) is -1.09. The van der Waals surface area contributed by atoms with Gasteiger partial charge in [0.15, 0.2) is 12.4 Å². The highest BCUT2D eigenvalue weighted by Gasteiger charge is 2.25. The van der Waals surface area contributed by atoms with Crippen molar-refractivity contribution < 1.29 is 19.1 Å². The van der Waals surface area contributed by atoms with Crippen LogP contribution in [0.25, 0.3) is 0 Å². The molecule has 1 aromatic heterocycles. The summed E-state index contributed by atoms with van der Waals surface area (Å²) in [5.41, 5.74) is 1.38. The molecule has 0 unspecified atom stereocenters. The first-order chi connectivity index (χ1) is 11.2. The standard InChI is InChI=1S/C17H22N4O2/c1-14-11-16(19-23-14)18-17(22)13-21-9-7-20(8-10-21)12-15-5-3-2-4-6-15/h2-6,11H,7-10,12-13H2,1H3,(H,18,19,22)/p+2. The van der Waals surface area contributed by atoms with Crippen molar-refractivity contribution in [1.29, 1.82) is 0 Å². The summed E-state index contributed by atoms with van der Waals surface area (Å²) < 4.78 is 4.95. The number of piperazine rings is 1. The number of nitrogens with one attached hydrogen (secondary N) is 3. The molecule has 0 saturated carbocycles. The first-order valence-electron chi connectivity index (χ1n) is 8.13. The number of rotatable bonds is 5. The van der Waals surface area contributed by atoms with Crippen LogP contribution in [0.4, 0.5) is 5.82 Å². The number of carbonyl (C=O) groups is 1. The molecule has 2 heterocycles. The SMILES string of the molecule is Cc1cc(NC(=O)C[NH+]2CC[NH+](Cc3ccccc3)CC2)no1. The summed E-state index contributed by atoms with van der Waals surface area (Å²) in [7, 11) is 0. The molecule has 1 aliphatic rings. The Morgan fingerprint density at radius 2 is 1.87 bits per heavy atom. The van der Waals surface area contributed by atoms with Crippen molar-refractivity contribution in [1.82, 2.24) is 5.16 Å². The minimum atomic E-state index is -0.000177. The van der Waals surface area contributed by atoms with Crippen LogP contribution in [0.2, 0.25) is 0 Å². The second-order valence-electron chi connectivity index (χ2n) is 6.21. The van der Waals surface area contributed by atoms with Gasteiger partial charge in [-0.3, -0.25) is 4.79 Å². The Hall–Kier alpha value is -2.18. The number of anilines is 1. The van der Waals surface area contributed by atoms with Crippen LogP contribution in [0.3, 0.4) is 0 Å². The summed E-state index contributed by atoms with van der Waals surface area (Å²) in [4.78, 5) is 15.0.